The van der Waals surface area contributed by atoms with Gasteiger partial charge in [0.2, 0.25) is 5.91 Å². The fourth-order valence-electron chi connectivity index (χ4n) is 1.54. The molecule has 0 saturated carbocycles. The van der Waals surface area contributed by atoms with Gasteiger partial charge in [0, 0.05) is 19.5 Å². The van der Waals surface area contributed by atoms with Crippen LogP contribution in [0, 0.1) is 0 Å². The Bertz CT molecular complexity index is 147. The molecule has 1 aliphatic rings. The van der Waals surface area contributed by atoms with Crippen molar-refractivity contribution in [1.29, 1.82) is 0 Å². The zero-order valence-electron chi connectivity index (χ0n) is 7.81. The summed E-state index contributed by atoms with van der Waals surface area (Å²) in [6, 6.07) is 0. The average molecular weight is 170 g/mol. The first-order valence-corrected chi connectivity index (χ1v) is 4.77. The van der Waals surface area contributed by atoms with Gasteiger partial charge in [-0.25, -0.2) is 0 Å². The van der Waals surface area contributed by atoms with Gasteiger partial charge in [0.25, 0.3) is 0 Å². The molecule has 12 heavy (non-hydrogen) atoms. The smallest absolute Gasteiger partial charge is 0.222 e. The number of amides is 1. The molecule has 1 N–H and O–H groups in total. The molecule has 3 nitrogen and oxygen atoms in total. The second kappa shape index (κ2) is 5.14. The molecular formula is C9H18N2O. The summed E-state index contributed by atoms with van der Waals surface area (Å²) in [5.74, 6) is 0.345. The first-order valence-electron chi connectivity index (χ1n) is 4.77. The third-order valence-electron chi connectivity index (χ3n) is 2.28. The van der Waals surface area contributed by atoms with Crippen molar-refractivity contribution in [1.82, 2.24) is 10.2 Å². The first kappa shape index (κ1) is 9.52. The zero-order valence-corrected chi connectivity index (χ0v) is 7.81. The molecule has 0 radical (unpaired) electrons. The lowest BCUT2D eigenvalue weighted by atomic mass is 10.1. The molecule has 1 fully saturated rings. The van der Waals surface area contributed by atoms with Crippen molar-refractivity contribution in [3.63, 3.8) is 0 Å². The van der Waals surface area contributed by atoms with E-state index in [9.17, 15) is 4.79 Å². The molecular weight excluding hydrogens is 152 g/mol. The Morgan fingerprint density at radius 2 is 2.33 bits per heavy atom. The van der Waals surface area contributed by atoms with Crippen LogP contribution in [0.5, 0.6) is 0 Å². The minimum absolute atomic E-state index is 0.345. The van der Waals surface area contributed by atoms with Gasteiger partial charge in [-0.15, -0.1) is 0 Å². The van der Waals surface area contributed by atoms with Crippen LogP contribution in [0.2, 0.25) is 0 Å². The highest BCUT2D eigenvalue weighted by molar-refractivity contribution is 5.76. The predicted molar refractivity (Wildman–Crippen MR) is 49.0 cm³/mol. The highest BCUT2D eigenvalue weighted by Crippen LogP contribution is 2.10. The molecule has 0 bridgehead atoms. The van der Waals surface area contributed by atoms with E-state index in [1.807, 2.05) is 11.9 Å². The molecule has 0 spiro atoms. The average Bonchev–Trinajstić information content (AvgIpc) is 2.09. The van der Waals surface area contributed by atoms with Crippen molar-refractivity contribution in [2.45, 2.75) is 25.7 Å². The Kier molecular flexibility index (Phi) is 4.08. The number of carbonyl (C=O) groups excluding carboxylic acids is 1. The minimum atomic E-state index is 0.345. The van der Waals surface area contributed by atoms with Crippen LogP contribution in [0.4, 0.5) is 0 Å². The maximum Gasteiger partial charge on any atom is 0.222 e. The molecule has 0 aromatic rings. The lowest BCUT2D eigenvalue weighted by Crippen LogP contribution is -2.36. The Labute approximate surface area is 74.1 Å². The summed E-state index contributed by atoms with van der Waals surface area (Å²) in [5, 5.41) is 3.08. The van der Waals surface area contributed by atoms with Crippen LogP contribution in [0.3, 0.4) is 0 Å². The van der Waals surface area contributed by atoms with Crippen molar-refractivity contribution in [3.8, 4) is 0 Å². The van der Waals surface area contributed by atoms with E-state index in [0.717, 1.165) is 38.9 Å². The van der Waals surface area contributed by atoms with Crippen molar-refractivity contribution in [2.24, 2.45) is 0 Å². The summed E-state index contributed by atoms with van der Waals surface area (Å²) in [6.45, 7) is 2.91. The van der Waals surface area contributed by atoms with Crippen LogP contribution in [0.15, 0.2) is 0 Å². The van der Waals surface area contributed by atoms with Gasteiger partial charge in [0.15, 0.2) is 0 Å². The van der Waals surface area contributed by atoms with Crippen molar-refractivity contribution in [3.05, 3.63) is 0 Å². The Morgan fingerprint density at radius 1 is 1.50 bits per heavy atom. The van der Waals surface area contributed by atoms with E-state index in [4.69, 9.17) is 0 Å². The SMILES string of the molecule is CNCCCN1CCCCC1=O. The maximum atomic E-state index is 11.3. The number of piperidine rings is 1. The van der Waals surface area contributed by atoms with Gasteiger partial charge in [-0.1, -0.05) is 0 Å². The molecule has 1 saturated heterocycles. The third-order valence-corrected chi connectivity index (χ3v) is 2.28. The Hall–Kier alpha value is -0.570. The van der Waals surface area contributed by atoms with Gasteiger partial charge >= 0.3 is 0 Å². The van der Waals surface area contributed by atoms with E-state index in [2.05, 4.69) is 5.32 Å². The molecule has 0 aromatic heterocycles. The summed E-state index contributed by atoms with van der Waals surface area (Å²) >= 11 is 0. The van der Waals surface area contributed by atoms with E-state index < -0.39 is 0 Å². The maximum absolute atomic E-state index is 11.3. The lowest BCUT2D eigenvalue weighted by molar-refractivity contribution is -0.133. The largest absolute Gasteiger partial charge is 0.343 e. The summed E-state index contributed by atoms with van der Waals surface area (Å²) < 4.78 is 0. The number of carbonyl (C=O) groups is 1. The van der Waals surface area contributed by atoms with E-state index in [1.165, 1.54) is 6.42 Å². The van der Waals surface area contributed by atoms with Gasteiger partial charge in [-0.05, 0) is 32.9 Å². The topological polar surface area (TPSA) is 32.3 Å². The number of hydrogen-bond acceptors (Lipinski definition) is 2. The van der Waals surface area contributed by atoms with Gasteiger partial charge in [0.1, 0.15) is 0 Å². The first-order chi connectivity index (χ1) is 5.84. The van der Waals surface area contributed by atoms with Crippen LogP contribution in [0.25, 0.3) is 0 Å². The highest BCUT2D eigenvalue weighted by atomic mass is 16.2. The Morgan fingerprint density at radius 3 is 3.00 bits per heavy atom. The van der Waals surface area contributed by atoms with Crippen molar-refractivity contribution >= 4 is 5.91 Å². The van der Waals surface area contributed by atoms with E-state index in [-0.39, 0.29) is 0 Å². The molecule has 3 heteroatoms. The number of likely N-dealkylation sites (tertiary alicyclic amines) is 1. The number of nitrogens with zero attached hydrogens (tertiary/aromatic N) is 1. The molecule has 0 unspecified atom stereocenters. The third kappa shape index (κ3) is 2.81. The van der Waals surface area contributed by atoms with E-state index in [1.54, 1.807) is 0 Å². The predicted octanol–water partition coefficient (Wildman–Crippen LogP) is 0.608. The van der Waals surface area contributed by atoms with Crippen LogP contribution in [-0.4, -0.2) is 37.5 Å². The summed E-state index contributed by atoms with van der Waals surface area (Å²) in [4.78, 5) is 13.3. The second-order valence-electron chi connectivity index (χ2n) is 3.30. The monoisotopic (exact) mass is 170 g/mol. The van der Waals surface area contributed by atoms with Crippen LogP contribution in [-0.2, 0) is 4.79 Å². The molecule has 1 amide bonds. The molecule has 0 atom stereocenters. The summed E-state index contributed by atoms with van der Waals surface area (Å²) in [5.41, 5.74) is 0. The molecule has 0 aromatic carbocycles. The zero-order chi connectivity index (χ0) is 8.81. The number of hydrogen-bond donors (Lipinski definition) is 1. The summed E-state index contributed by atoms with van der Waals surface area (Å²) in [6.07, 6.45) is 4.11. The van der Waals surface area contributed by atoms with Crippen LogP contribution >= 0.6 is 0 Å². The molecule has 1 rings (SSSR count). The Balaban J connectivity index is 2.16. The lowest BCUT2D eigenvalue weighted by Gasteiger charge is -2.26. The van der Waals surface area contributed by atoms with Crippen molar-refractivity contribution < 1.29 is 4.79 Å². The quantitative estimate of drug-likeness (QED) is 0.627. The van der Waals surface area contributed by atoms with Crippen LogP contribution in [0.1, 0.15) is 25.7 Å². The van der Waals surface area contributed by atoms with Crippen molar-refractivity contribution in [2.75, 3.05) is 26.7 Å². The second-order valence-corrected chi connectivity index (χ2v) is 3.30. The van der Waals surface area contributed by atoms with Gasteiger partial charge in [-0.2, -0.15) is 0 Å². The van der Waals surface area contributed by atoms with Gasteiger partial charge < -0.3 is 10.2 Å². The molecule has 1 aliphatic heterocycles. The standard InChI is InChI=1S/C9H18N2O/c1-10-6-4-8-11-7-3-2-5-9(11)12/h10H,2-8H2,1H3. The normalized spacial score (nSPS) is 18.4. The highest BCUT2D eigenvalue weighted by Gasteiger charge is 2.16. The number of nitrogens with one attached hydrogen (secondary N) is 1. The fraction of sp³-hybridized carbons (Fsp3) is 0.889. The fourth-order valence-corrected chi connectivity index (χ4v) is 1.54. The minimum Gasteiger partial charge on any atom is -0.343 e. The molecule has 1 heterocycles. The molecule has 0 aliphatic carbocycles. The van der Waals surface area contributed by atoms with Gasteiger partial charge in [-0.3, -0.25) is 4.79 Å². The van der Waals surface area contributed by atoms with E-state index >= 15 is 0 Å². The summed E-state index contributed by atoms with van der Waals surface area (Å²) in [7, 11) is 1.94. The number of rotatable bonds is 4. The van der Waals surface area contributed by atoms with E-state index in [0.29, 0.717) is 5.91 Å². The van der Waals surface area contributed by atoms with Crippen LogP contribution < -0.4 is 5.32 Å². The van der Waals surface area contributed by atoms with Gasteiger partial charge in [0.05, 0.1) is 0 Å². The molecule has 70 valence electrons.